The van der Waals surface area contributed by atoms with Crippen LogP contribution in [0.4, 0.5) is 0 Å². The molecule has 3 rings (SSSR count). The number of pyridine rings is 1. The lowest BCUT2D eigenvalue weighted by molar-refractivity contribution is -0.121. The summed E-state index contributed by atoms with van der Waals surface area (Å²) in [4.78, 5) is 38.2. The summed E-state index contributed by atoms with van der Waals surface area (Å²) in [5, 5.41) is 7.49. The molecule has 7 heteroatoms. The first-order valence-electron chi connectivity index (χ1n) is 8.73. The molecule has 7 nitrogen and oxygen atoms in total. The first-order valence-corrected chi connectivity index (χ1v) is 8.73. The number of benzene rings is 1. The second-order valence-electron chi connectivity index (χ2n) is 6.72. The second kappa shape index (κ2) is 7.51. The molecular weight excluding hydrogens is 332 g/mol. The third-order valence-electron chi connectivity index (χ3n) is 4.46. The first kappa shape index (κ1) is 17.8. The van der Waals surface area contributed by atoms with E-state index in [-0.39, 0.29) is 23.8 Å². The molecule has 1 aromatic heterocycles. The summed E-state index contributed by atoms with van der Waals surface area (Å²) in [7, 11) is 0. The van der Waals surface area contributed by atoms with Crippen molar-refractivity contribution in [1.29, 1.82) is 0 Å². The molecule has 0 spiro atoms. The van der Waals surface area contributed by atoms with E-state index in [1.165, 1.54) is 5.56 Å². The van der Waals surface area contributed by atoms with Gasteiger partial charge in [-0.05, 0) is 41.5 Å². The van der Waals surface area contributed by atoms with Crippen molar-refractivity contribution in [3.8, 4) is 0 Å². The predicted molar refractivity (Wildman–Crippen MR) is 100 cm³/mol. The van der Waals surface area contributed by atoms with Crippen LogP contribution in [0.2, 0.25) is 0 Å². The summed E-state index contributed by atoms with van der Waals surface area (Å²) >= 11 is 0. The average Bonchev–Trinajstić information content (AvgIpc) is 2.62. The Morgan fingerprint density at radius 3 is 2.73 bits per heavy atom. The van der Waals surface area contributed by atoms with Crippen molar-refractivity contribution in [2.24, 2.45) is 5.10 Å². The molecule has 0 unspecified atom stereocenters. The third-order valence-corrected chi connectivity index (χ3v) is 4.46. The van der Waals surface area contributed by atoms with Crippen LogP contribution in [-0.2, 0) is 16.0 Å². The zero-order valence-electron chi connectivity index (χ0n) is 14.9. The van der Waals surface area contributed by atoms with E-state index in [2.05, 4.69) is 40.7 Å². The molecule has 1 aliphatic heterocycles. The molecule has 26 heavy (non-hydrogen) atoms. The molecule has 2 aromatic rings. The van der Waals surface area contributed by atoms with Gasteiger partial charge in [-0.2, -0.15) is 5.10 Å². The van der Waals surface area contributed by atoms with Crippen molar-refractivity contribution in [3.05, 3.63) is 45.7 Å². The number of aromatic nitrogens is 1. The second-order valence-corrected chi connectivity index (χ2v) is 6.72. The largest absolute Gasteiger partial charge is 0.351 e. The maximum atomic E-state index is 12.2. The SMILES string of the molecule is CC(C)c1ccc2[nH]c(=O)c(CCNC(=O)C3=NNC(=O)CC3)cc2c1. The van der Waals surface area contributed by atoms with E-state index < -0.39 is 0 Å². The summed E-state index contributed by atoms with van der Waals surface area (Å²) in [5.74, 6) is -0.0971. The lowest BCUT2D eigenvalue weighted by atomic mass is 10.0. The molecule has 2 amide bonds. The molecule has 0 atom stereocenters. The number of carbonyl (C=O) groups excluding carboxylic acids is 2. The van der Waals surface area contributed by atoms with Gasteiger partial charge in [-0.3, -0.25) is 14.4 Å². The van der Waals surface area contributed by atoms with Gasteiger partial charge in [0.25, 0.3) is 11.5 Å². The normalized spacial score (nSPS) is 14.3. The standard InChI is InChI=1S/C19H22N4O3/c1-11(2)12-3-4-15-14(9-12)10-13(18(25)21-15)7-8-20-19(26)16-5-6-17(24)23-22-16/h3-4,9-11H,5-8H2,1-2H3,(H,20,26)(H,21,25)(H,23,24). The van der Waals surface area contributed by atoms with Crippen LogP contribution in [0, 0.1) is 0 Å². The number of hydrogen-bond donors (Lipinski definition) is 3. The van der Waals surface area contributed by atoms with E-state index in [0.29, 0.717) is 36.6 Å². The Labute approximate surface area is 150 Å². The molecule has 0 aliphatic carbocycles. The van der Waals surface area contributed by atoms with Crippen LogP contribution >= 0.6 is 0 Å². The average molecular weight is 354 g/mol. The lowest BCUT2D eigenvalue weighted by Crippen LogP contribution is -2.38. The summed E-state index contributed by atoms with van der Waals surface area (Å²) < 4.78 is 0. The molecule has 2 heterocycles. The van der Waals surface area contributed by atoms with E-state index in [4.69, 9.17) is 0 Å². The Kier molecular flexibility index (Phi) is 5.16. The number of hydrogen-bond acceptors (Lipinski definition) is 4. The highest BCUT2D eigenvalue weighted by molar-refractivity contribution is 6.39. The Hall–Kier alpha value is -2.96. The Morgan fingerprint density at radius 1 is 1.23 bits per heavy atom. The highest BCUT2D eigenvalue weighted by Gasteiger charge is 2.17. The minimum atomic E-state index is -0.315. The fourth-order valence-corrected chi connectivity index (χ4v) is 2.87. The van der Waals surface area contributed by atoms with Crippen LogP contribution in [0.5, 0.6) is 0 Å². The van der Waals surface area contributed by atoms with Crippen molar-refractivity contribution in [2.75, 3.05) is 6.54 Å². The molecule has 1 aliphatic rings. The van der Waals surface area contributed by atoms with Crippen molar-refractivity contribution >= 4 is 28.4 Å². The van der Waals surface area contributed by atoms with Gasteiger partial charge in [0, 0.05) is 30.5 Å². The van der Waals surface area contributed by atoms with Crippen LogP contribution in [0.15, 0.2) is 34.2 Å². The third kappa shape index (κ3) is 3.99. The van der Waals surface area contributed by atoms with Gasteiger partial charge in [-0.25, -0.2) is 5.43 Å². The minimum Gasteiger partial charge on any atom is -0.351 e. The minimum absolute atomic E-state index is 0.147. The van der Waals surface area contributed by atoms with Crippen molar-refractivity contribution in [1.82, 2.24) is 15.7 Å². The van der Waals surface area contributed by atoms with Crippen molar-refractivity contribution < 1.29 is 9.59 Å². The van der Waals surface area contributed by atoms with Crippen molar-refractivity contribution in [2.45, 2.75) is 39.0 Å². The fourth-order valence-electron chi connectivity index (χ4n) is 2.87. The number of carbonyl (C=O) groups is 2. The number of fused-ring (bicyclic) bond motifs is 1. The molecule has 0 bridgehead atoms. The van der Waals surface area contributed by atoms with Gasteiger partial charge in [0.05, 0.1) is 0 Å². The van der Waals surface area contributed by atoms with Crippen LogP contribution < -0.4 is 16.3 Å². The smallest absolute Gasteiger partial charge is 0.267 e. The Morgan fingerprint density at radius 2 is 2.04 bits per heavy atom. The van der Waals surface area contributed by atoms with E-state index in [1.54, 1.807) is 0 Å². The predicted octanol–water partition coefficient (Wildman–Crippen LogP) is 1.58. The Bertz CT molecular complexity index is 943. The van der Waals surface area contributed by atoms with Gasteiger partial charge in [-0.15, -0.1) is 0 Å². The van der Waals surface area contributed by atoms with Crippen LogP contribution in [0.25, 0.3) is 10.9 Å². The molecular formula is C19H22N4O3. The highest BCUT2D eigenvalue weighted by Crippen LogP contribution is 2.20. The van der Waals surface area contributed by atoms with Crippen LogP contribution in [-0.4, -0.2) is 29.1 Å². The number of rotatable bonds is 5. The summed E-state index contributed by atoms with van der Waals surface area (Å²) in [6, 6.07) is 7.90. The molecule has 3 N–H and O–H groups in total. The molecule has 0 fully saturated rings. The molecule has 136 valence electrons. The first-order chi connectivity index (χ1) is 12.4. The fraction of sp³-hybridized carbons (Fsp3) is 0.368. The molecule has 0 saturated carbocycles. The van der Waals surface area contributed by atoms with E-state index in [9.17, 15) is 14.4 Å². The number of nitrogens with one attached hydrogen (secondary N) is 3. The number of nitrogens with zero attached hydrogens (tertiary/aromatic N) is 1. The maximum absolute atomic E-state index is 12.2. The molecule has 1 aromatic carbocycles. The number of H-pyrrole nitrogens is 1. The zero-order valence-corrected chi connectivity index (χ0v) is 14.9. The molecule has 0 saturated heterocycles. The lowest BCUT2D eigenvalue weighted by Gasteiger charge is -2.12. The van der Waals surface area contributed by atoms with Gasteiger partial charge in [0.1, 0.15) is 5.71 Å². The van der Waals surface area contributed by atoms with Gasteiger partial charge in [-0.1, -0.05) is 19.9 Å². The van der Waals surface area contributed by atoms with Gasteiger partial charge in [0.15, 0.2) is 0 Å². The van der Waals surface area contributed by atoms with Gasteiger partial charge >= 0.3 is 0 Å². The molecule has 0 radical (unpaired) electrons. The van der Waals surface area contributed by atoms with Gasteiger partial charge < -0.3 is 10.3 Å². The van der Waals surface area contributed by atoms with Crippen molar-refractivity contribution in [3.63, 3.8) is 0 Å². The maximum Gasteiger partial charge on any atom is 0.267 e. The Balaban J connectivity index is 1.68. The van der Waals surface area contributed by atoms with E-state index >= 15 is 0 Å². The van der Waals surface area contributed by atoms with Gasteiger partial charge in [0.2, 0.25) is 5.91 Å². The topological polar surface area (TPSA) is 103 Å². The number of hydrazone groups is 1. The monoisotopic (exact) mass is 354 g/mol. The van der Waals surface area contributed by atoms with E-state index in [1.807, 2.05) is 18.2 Å². The van der Waals surface area contributed by atoms with Crippen LogP contribution in [0.1, 0.15) is 43.7 Å². The summed E-state index contributed by atoms with van der Waals surface area (Å²) in [6.45, 7) is 4.57. The number of aromatic amines is 1. The number of amides is 2. The highest BCUT2D eigenvalue weighted by atomic mass is 16.2. The summed E-state index contributed by atoms with van der Waals surface area (Å²) in [6.07, 6.45) is 1.00. The van der Waals surface area contributed by atoms with E-state index in [0.717, 1.165) is 10.9 Å². The summed E-state index contributed by atoms with van der Waals surface area (Å²) in [5.41, 5.74) is 5.09. The van der Waals surface area contributed by atoms with Crippen LogP contribution in [0.3, 0.4) is 0 Å². The quantitative estimate of drug-likeness (QED) is 0.759. The zero-order chi connectivity index (χ0) is 18.7.